The molecule has 0 spiro atoms. The average Bonchev–Trinajstić information content (AvgIpc) is 2.49. The van der Waals surface area contributed by atoms with Gasteiger partial charge in [-0.2, -0.15) is 0 Å². The molecule has 2 amide bonds. The summed E-state index contributed by atoms with van der Waals surface area (Å²) in [5, 5.41) is 6.15. The molecule has 1 atom stereocenters. The molecular weight excluding hydrogens is 351 g/mol. The van der Waals surface area contributed by atoms with Crippen LogP contribution in [0.25, 0.3) is 0 Å². The van der Waals surface area contributed by atoms with Crippen LogP contribution in [-0.2, 0) is 9.59 Å². The highest BCUT2D eigenvalue weighted by Gasteiger charge is 2.15. The molecule has 0 saturated heterocycles. The third-order valence-corrected chi connectivity index (χ3v) is 3.57. The number of ether oxygens (including phenoxy) is 1. The lowest BCUT2D eigenvalue weighted by atomic mass is 10.2. The van der Waals surface area contributed by atoms with Gasteiger partial charge in [-0.1, -0.05) is 29.3 Å². The zero-order chi connectivity index (χ0) is 17.7. The number of hydrogen-bond donors (Lipinski definition) is 2. The van der Waals surface area contributed by atoms with E-state index in [0.29, 0.717) is 27.2 Å². The molecule has 1 unspecified atom stereocenters. The SMILES string of the molecule is CC(=O)Nc1ccc(NC(=O)C(C)Oc2cccc(Cl)c2)cc1Cl. The van der Waals surface area contributed by atoms with Crippen LogP contribution in [0.15, 0.2) is 42.5 Å². The van der Waals surface area contributed by atoms with Crippen molar-refractivity contribution in [1.82, 2.24) is 0 Å². The van der Waals surface area contributed by atoms with E-state index in [9.17, 15) is 9.59 Å². The summed E-state index contributed by atoms with van der Waals surface area (Å²) in [6.07, 6.45) is -0.725. The van der Waals surface area contributed by atoms with Crippen LogP contribution in [-0.4, -0.2) is 17.9 Å². The maximum Gasteiger partial charge on any atom is 0.265 e. The van der Waals surface area contributed by atoms with Crippen LogP contribution in [0.2, 0.25) is 10.0 Å². The fourth-order valence-corrected chi connectivity index (χ4v) is 2.33. The van der Waals surface area contributed by atoms with Crippen LogP contribution in [0.1, 0.15) is 13.8 Å². The first kappa shape index (κ1) is 18.1. The topological polar surface area (TPSA) is 67.4 Å². The number of anilines is 2. The van der Waals surface area contributed by atoms with Crippen molar-refractivity contribution < 1.29 is 14.3 Å². The summed E-state index contributed by atoms with van der Waals surface area (Å²) in [4.78, 5) is 23.2. The summed E-state index contributed by atoms with van der Waals surface area (Å²) in [7, 11) is 0. The number of hydrogen-bond acceptors (Lipinski definition) is 3. The molecule has 2 N–H and O–H groups in total. The fraction of sp³-hybridized carbons (Fsp3) is 0.176. The molecule has 126 valence electrons. The Labute approximate surface area is 149 Å². The number of carbonyl (C=O) groups excluding carboxylic acids is 2. The summed E-state index contributed by atoms with van der Waals surface area (Å²) in [5.74, 6) is -0.0558. The predicted octanol–water partition coefficient (Wildman–Crippen LogP) is 4.36. The van der Waals surface area contributed by atoms with Crippen molar-refractivity contribution in [2.24, 2.45) is 0 Å². The van der Waals surface area contributed by atoms with Crippen molar-refractivity contribution in [3.63, 3.8) is 0 Å². The maximum absolute atomic E-state index is 12.2. The molecule has 0 saturated carbocycles. The second-order valence-corrected chi connectivity index (χ2v) is 5.93. The van der Waals surface area contributed by atoms with Gasteiger partial charge in [-0.05, 0) is 43.3 Å². The van der Waals surface area contributed by atoms with Gasteiger partial charge in [-0.15, -0.1) is 0 Å². The minimum atomic E-state index is -0.725. The molecule has 0 aromatic heterocycles. The number of benzene rings is 2. The van der Waals surface area contributed by atoms with Crippen molar-refractivity contribution in [3.8, 4) is 5.75 Å². The van der Waals surface area contributed by atoms with E-state index in [1.54, 1.807) is 49.4 Å². The largest absolute Gasteiger partial charge is 0.481 e. The van der Waals surface area contributed by atoms with Crippen LogP contribution in [0.5, 0.6) is 5.75 Å². The van der Waals surface area contributed by atoms with E-state index in [1.807, 2.05) is 0 Å². The zero-order valence-electron chi connectivity index (χ0n) is 13.1. The van der Waals surface area contributed by atoms with Gasteiger partial charge in [0.1, 0.15) is 5.75 Å². The van der Waals surface area contributed by atoms with Gasteiger partial charge in [0.05, 0.1) is 10.7 Å². The average molecular weight is 367 g/mol. The molecule has 0 heterocycles. The Morgan fingerprint density at radius 3 is 2.46 bits per heavy atom. The highest BCUT2D eigenvalue weighted by Crippen LogP contribution is 2.26. The summed E-state index contributed by atoms with van der Waals surface area (Å²) in [5.41, 5.74) is 0.978. The van der Waals surface area contributed by atoms with Crippen molar-refractivity contribution in [2.45, 2.75) is 20.0 Å². The van der Waals surface area contributed by atoms with E-state index in [1.165, 1.54) is 6.92 Å². The summed E-state index contributed by atoms with van der Waals surface area (Å²) < 4.78 is 5.55. The fourth-order valence-electron chi connectivity index (χ4n) is 1.93. The lowest BCUT2D eigenvalue weighted by molar-refractivity contribution is -0.122. The first-order chi connectivity index (χ1) is 11.3. The minimum absolute atomic E-state index is 0.225. The van der Waals surface area contributed by atoms with Crippen LogP contribution in [0.3, 0.4) is 0 Å². The first-order valence-electron chi connectivity index (χ1n) is 7.15. The summed E-state index contributed by atoms with van der Waals surface area (Å²) in [6, 6.07) is 11.6. The third-order valence-electron chi connectivity index (χ3n) is 3.03. The van der Waals surface area contributed by atoms with Gasteiger partial charge in [-0.25, -0.2) is 0 Å². The summed E-state index contributed by atoms with van der Waals surface area (Å²) in [6.45, 7) is 3.02. The molecule has 2 rings (SSSR count). The smallest absolute Gasteiger partial charge is 0.265 e. The Bertz CT molecular complexity index is 765. The summed E-state index contributed by atoms with van der Waals surface area (Å²) >= 11 is 12.0. The van der Waals surface area contributed by atoms with Crippen molar-refractivity contribution in [3.05, 3.63) is 52.5 Å². The van der Waals surface area contributed by atoms with Crippen molar-refractivity contribution >= 4 is 46.4 Å². The lowest BCUT2D eigenvalue weighted by Crippen LogP contribution is -2.30. The standard InChI is InChI=1S/C17H16Cl2N2O3/c1-10(24-14-5-3-4-12(18)8-14)17(23)21-13-6-7-16(15(19)9-13)20-11(2)22/h3-10H,1-2H3,(H,20,22)(H,21,23). The first-order valence-corrected chi connectivity index (χ1v) is 7.91. The zero-order valence-corrected chi connectivity index (χ0v) is 14.6. The Hall–Kier alpha value is -2.24. The monoisotopic (exact) mass is 366 g/mol. The van der Waals surface area contributed by atoms with E-state index in [4.69, 9.17) is 27.9 Å². The van der Waals surface area contributed by atoms with Gasteiger partial charge in [0.25, 0.3) is 5.91 Å². The van der Waals surface area contributed by atoms with E-state index >= 15 is 0 Å². The highest BCUT2D eigenvalue weighted by molar-refractivity contribution is 6.34. The molecule has 0 bridgehead atoms. The number of rotatable bonds is 5. The molecule has 0 aliphatic carbocycles. The molecule has 7 heteroatoms. The molecule has 0 aliphatic rings. The molecule has 24 heavy (non-hydrogen) atoms. The minimum Gasteiger partial charge on any atom is -0.481 e. The molecule has 0 fully saturated rings. The quantitative estimate of drug-likeness (QED) is 0.825. The van der Waals surface area contributed by atoms with E-state index < -0.39 is 6.10 Å². The molecule has 5 nitrogen and oxygen atoms in total. The Balaban J connectivity index is 2.00. The third kappa shape index (κ3) is 5.15. The number of nitrogens with one attached hydrogen (secondary N) is 2. The lowest BCUT2D eigenvalue weighted by Gasteiger charge is -2.15. The van der Waals surface area contributed by atoms with Crippen molar-refractivity contribution in [1.29, 1.82) is 0 Å². The van der Waals surface area contributed by atoms with Crippen molar-refractivity contribution in [2.75, 3.05) is 10.6 Å². The number of amides is 2. The van der Waals surface area contributed by atoms with Gasteiger partial charge in [0.15, 0.2) is 6.10 Å². The Morgan fingerprint density at radius 1 is 1.08 bits per heavy atom. The number of halogens is 2. The van der Waals surface area contributed by atoms with E-state index in [-0.39, 0.29) is 11.8 Å². The molecule has 2 aromatic rings. The predicted molar refractivity (Wildman–Crippen MR) is 95.9 cm³/mol. The van der Waals surface area contributed by atoms with Gasteiger partial charge >= 0.3 is 0 Å². The molecule has 0 radical (unpaired) electrons. The second kappa shape index (κ2) is 8.04. The highest BCUT2D eigenvalue weighted by atomic mass is 35.5. The second-order valence-electron chi connectivity index (χ2n) is 5.08. The maximum atomic E-state index is 12.2. The molecule has 0 aliphatic heterocycles. The van der Waals surface area contributed by atoms with Gasteiger partial charge in [-0.3, -0.25) is 9.59 Å². The Kier molecular flexibility index (Phi) is 6.06. The van der Waals surface area contributed by atoms with Crippen LogP contribution in [0, 0.1) is 0 Å². The van der Waals surface area contributed by atoms with E-state index in [0.717, 1.165) is 0 Å². The van der Waals surface area contributed by atoms with Gasteiger partial charge in [0, 0.05) is 17.6 Å². The van der Waals surface area contributed by atoms with Crippen LogP contribution >= 0.6 is 23.2 Å². The number of carbonyl (C=O) groups is 2. The van der Waals surface area contributed by atoms with Gasteiger partial charge < -0.3 is 15.4 Å². The molecular formula is C17H16Cl2N2O3. The van der Waals surface area contributed by atoms with E-state index in [2.05, 4.69) is 10.6 Å². The van der Waals surface area contributed by atoms with Crippen LogP contribution in [0.4, 0.5) is 11.4 Å². The van der Waals surface area contributed by atoms with Gasteiger partial charge in [0.2, 0.25) is 5.91 Å². The molecule has 2 aromatic carbocycles. The normalized spacial score (nSPS) is 11.5. The van der Waals surface area contributed by atoms with Crippen LogP contribution < -0.4 is 15.4 Å². The Morgan fingerprint density at radius 2 is 1.83 bits per heavy atom.